The Morgan fingerprint density at radius 2 is 1.93 bits per heavy atom. The summed E-state index contributed by atoms with van der Waals surface area (Å²) in [6, 6.07) is 9.72. The van der Waals surface area contributed by atoms with E-state index in [1.54, 1.807) is 4.90 Å². The predicted molar refractivity (Wildman–Crippen MR) is 113 cm³/mol. The van der Waals surface area contributed by atoms with Gasteiger partial charge >= 0.3 is 0 Å². The van der Waals surface area contributed by atoms with E-state index in [4.69, 9.17) is 4.74 Å². The number of ether oxygens (including phenoxy) is 1. The number of hydrogen-bond donors (Lipinski definition) is 1. The highest BCUT2D eigenvalue weighted by Gasteiger charge is 2.37. The average molecular weight is 434 g/mol. The summed E-state index contributed by atoms with van der Waals surface area (Å²) >= 11 is 0.816. The monoisotopic (exact) mass is 433 g/mol. The van der Waals surface area contributed by atoms with E-state index in [-0.39, 0.29) is 43.3 Å². The summed E-state index contributed by atoms with van der Waals surface area (Å²) in [4.78, 5) is 52.0. The predicted octanol–water partition coefficient (Wildman–Crippen LogP) is 1.64. The molecule has 2 fully saturated rings. The van der Waals surface area contributed by atoms with Gasteiger partial charge in [0.15, 0.2) is 0 Å². The summed E-state index contributed by atoms with van der Waals surface area (Å²) < 4.78 is 6.07. The molecule has 30 heavy (non-hydrogen) atoms. The largest absolute Gasteiger partial charge is 0.370 e. The molecule has 162 valence electrons. The van der Waals surface area contributed by atoms with Gasteiger partial charge in [-0.05, 0) is 11.5 Å². The molecule has 2 heterocycles. The van der Waals surface area contributed by atoms with Crippen LogP contribution in [-0.2, 0) is 25.7 Å². The number of amides is 4. The van der Waals surface area contributed by atoms with Crippen LogP contribution in [0, 0.1) is 5.92 Å². The van der Waals surface area contributed by atoms with Crippen molar-refractivity contribution in [1.29, 1.82) is 0 Å². The molecule has 2 aliphatic rings. The van der Waals surface area contributed by atoms with Gasteiger partial charge in [-0.1, -0.05) is 55.9 Å². The fraction of sp³-hybridized carbons (Fsp3) is 0.524. The molecule has 2 atom stereocenters. The number of thioether (sulfide) groups is 1. The summed E-state index contributed by atoms with van der Waals surface area (Å²) in [5.41, 5.74) is 1.01. The maximum Gasteiger partial charge on any atom is 0.286 e. The van der Waals surface area contributed by atoms with Gasteiger partial charge in [0.25, 0.3) is 5.24 Å². The molecular formula is C21H27N3O5S. The smallest absolute Gasteiger partial charge is 0.286 e. The van der Waals surface area contributed by atoms with Crippen molar-refractivity contribution in [3.05, 3.63) is 35.9 Å². The Morgan fingerprint density at radius 3 is 2.57 bits per heavy atom. The van der Waals surface area contributed by atoms with E-state index >= 15 is 0 Å². The molecule has 8 nitrogen and oxygen atoms in total. The van der Waals surface area contributed by atoms with E-state index in [9.17, 15) is 19.2 Å². The maximum atomic E-state index is 12.8. The molecule has 2 saturated heterocycles. The molecule has 3 rings (SSSR count). The Hall–Kier alpha value is -2.39. The van der Waals surface area contributed by atoms with Crippen LogP contribution in [0.4, 0.5) is 4.79 Å². The second kappa shape index (κ2) is 10.1. The molecule has 1 aromatic carbocycles. The number of benzene rings is 1. The van der Waals surface area contributed by atoms with Gasteiger partial charge < -0.3 is 14.5 Å². The second-order valence-electron chi connectivity index (χ2n) is 7.97. The van der Waals surface area contributed by atoms with Gasteiger partial charge in [0.2, 0.25) is 17.7 Å². The second-order valence-corrected chi connectivity index (χ2v) is 9.15. The summed E-state index contributed by atoms with van der Waals surface area (Å²) in [6.07, 6.45) is -0.462. The number of imide groups is 1. The number of carbonyl (C=O) groups is 4. The lowest BCUT2D eigenvalue weighted by Crippen LogP contribution is -2.41. The Labute approximate surface area is 180 Å². The summed E-state index contributed by atoms with van der Waals surface area (Å²) in [5, 5.41) is 0.988. The lowest BCUT2D eigenvalue weighted by Gasteiger charge is -2.26. The lowest BCUT2D eigenvalue weighted by molar-refractivity contribution is -0.139. The average Bonchev–Trinajstić information content (AvgIpc) is 2.92. The highest BCUT2D eigenvalue weighted by atomic mass is 32.2. The summed E-state index contributed by atoms with van der Waals surface area (Å²) in [6.45, 7) is 5.66. The molecule has 0 spiro atoms. The van der Waals surface area contributed by atoms with Gasteiger partial charge in [0.1, 0.15) is 5.25 Å². The first kappa shape index (κ1) is 22.3. The minimum atomic E-state index is -0.751. The van der Waals surface area contributed by atoms with E-state index in [0.717, 1.165) is 17.3 Å². The molecule has 4 amide bonds. The number of hydrogen-bond acceptors (Lipinski definition) is 6. The van der Waals surface area contributed by atoms with Gasteiger partial charge in [0.05, 0.1) is 19.3 Å². The number of nitrogens with zero attached hydrogens (tertiary/aromatic N) is 2. The van der Waals surface area contributed by atoms with Crippen LogP contribution in [0.3, 0.4) is 0 Å². The molecule has 0 saturated carbocycles. The molecule has 9 heteroatoms. The molecule has 0 bridgehead atoms. The normalized spacial score (nSPS) is 22.4. The van der Waals surface area contributed by atoms with Crippen LogP contribution in [0.25, 0.3) is 0 Å². The van der Waals surface area contributed by atoms with E-state index in [1.807, 2.05) is 44.2 Å². The zero-order chi connectivity index (χ0) is 21.7. The van der Waals surface area contributed by atoms with Crippen LogP contribution in [0.5, 0.6) is 0 Å². The molecule has 0 aliphatic carbocycles. The topological polar surface area (TPSA) is 96.0 Å². The van der Waals surface area contributed by atoms with E-state index in [0.29, 0.717) is 19.7 Å². The number of rotatable bonds is 7. The molecule has 0 radical (unpaired) electrons. The van der Waals surface area contributed by atoms with Gasteiger partial charge in [-0.2, -0.15) is 0 Å². The number of nitrogens with one attached hydrogen (secondary N) is 1. The zero-order valence-electron chi connectivity index (χ0n) is 17.2. The highest BCUT2D eigenvalue weighted by Crippen LogP contribution is 2.23. The van der Waals surface area contributed by atoms with Crippen molar-refractivity contribution in [2.45, 2.75) is 38.2 Å². The maximum absolute atomic E-state index is 12.8. The van der Waals surface area contributed by atoms with Gasteiger partial charge in [-0.3, -0.25) is 24.5 Å². The third-order valence-electron chi connectivity index (χ3n) is 4.92. The van der Waals surface area contributed by atoms with Crippen molar-refractivity contribution < 1.29 is 23.9 Å². The first-order valence-electron chi connectivity index (χ1n) is 10.0. The lowest BCUT2D eigenvalue weighted by atomic mass is 10.2. The molecule has 1 aromatic rings. The van der Waals surface area contributed by atoms with Crippen molar-refractivity contribution in [2.24, 2.45) is 5.92 Å². The first-order valence-corrected chi connectivity index (χ1v) is 10.9. The van der Waals surface area contributed by atoms with Gasteiger partial charge in [-0.25, -0.2) is 0 Å². The quantitative estimate of drug-likeness (QED) is 0.702. The van der Waals surface area contributed by atoms with Crippen LogP contribution in [-0.4, -0.2) is 70.3 Å². The van der Waals surface area contributed by atoms with Crippen LogP contribution < -0.4 is 5.32 Å². The summed E-state index contributed by atoms with van der Waals surface area (Å²) in [7, 11) is 0. The fourth-order valence-corrected chi connectivity index (χ4v) is 4.30. The Balaban J connectivity index is 1.69. The van der Waals surface area contributed by atoms with E-state index in [1.165, 1.54) is 4.90 Å². The Kier molecular flexibility index (Phi) is 7.49. The van der Waals surface area contributed by atoms with Gasteiger partial charge in [-0.15, -0.1) is 0 Å². The third kappa shape index (κ3) is 6.06. The molecule has 1 N–H and O–H groups in total. The molecular weight excluding hydrogens is 406 g/mol. The standard InChI is InChI=1S/C21H27N3O5S/c1-14(2)9-23-10-16(29-13-15-6-4-3-5-7-15)11-24(12-19(23)26)18(25)8-17-20(27)22-21(28)30-17/h3-7,14,16-17H,8-13H2,1-2H3,(H,22,27,28). The van der Waals surface area contributed by atoms with E-state index < -0.39 is 16.4 Å². The minimum absolute atomic E-state index is 0.0519. The Bertz CT molecular complexity index is 801. The van der Waals surface area contributed by atoms with E-state index in [2.05, 4.69) is 5.32 Å². The highest BCUT2D eigenvalue weighted by molar-refractivity contribution is 8.15. The fourth-order valence-electron chi connectivity index (χ4n) is 3.50. The zero-order valence-corrected chi connectivity index (χ0v) is 18.0. The third-order valence-corrected chi connectivity index (χ3v) is 5.90. The van der Waals surface area contributed by atoms with Crippen LogP contribution in [0.15, 0.2) is 30.3 Å². The number of carbonyl (C=O) groups excluding carboxylic acids is 4. The van der Waals surface area contributed by atoms with Crippen molar-refractivity contribution >= 4 is 34.7 Å². The SMILES string of the molecule is CC(C)CN1CC(OCc2ccccc2)CN(C(=O)CC2SC(=O)NC2=O)CC1=O. The van der Waals surface area contributed by atoms with Crippen LogP contribution in [0.2, 0.25) is 0 Å². The van der Waals surface area contributed by atoms with Crippen molar-refractivity contribution in [3.63, 3.8) is 0 Å². The van der Waals surface area contributed by atoms with Crippen molar-refractivity contribution in [3.8, 4) is 0 Å². The Morgan fingerprint density at radius 1 is 1.20 bits per heavy atom. The van der Waals surface area contributed by atoms with Crippen LogP contribution >= 0.6 is 11.8 Å². The minimum Gasteiger partial charge on any atom is -0.370 e. The van der Waals surface area contributed by atoms with Crippen molar-refractivity contribution in [2.75, 3.05) is 26.2 Å². The van der Waals surface area contributed by atoms with Gasteiger partial charge in [0, 0.05) is 26.1 Å². The van der Waals surface area contributed by atoms with Crippen molar-refractivity contribution in [1.82, 2.24) is 15.1 Å². The molecule has 0 aromatic heterocycles. The molecule has 2 unspecified atom stereocenters. The first-order chi connectivity index (χ1) is 14.3. The molecule has 2 aliphatic heterocycles. The van der Waals surface area contributed by atoms with Crippen LogP contribution in [0.1, 0.15) is 25.8 Å². The summed E-state index contributed by atoms with van der Waals surface area (Å²) in [5.74, 6) is -0.638.